The summed E-state index contributed by atoms with van der Waals surface area (Å²) in [4.78, 5) is 11.1. The lowest BCUT2D eigenvalue weighted by Gasteiger charge is -2.20. The van der Waals surface area contributed by atoms with Crippen LogP contribution in [-0.4, -0.2) is 37.1 Å². The molecule has 1 aromatic rings. The minimum absolute atomic E-state index is 0. The van der Waals surface area contributed by atoms with Gasteiger partial charge in [0.25, 0.3) is 0 Å². The van der Waals surface area contributed by atoms with Crippen LogP contribution in [0, 0.1) is 0 Å². The van der Waals surface area contributed by atoms with Crippen LogP contribution in [0.3, 0.4) is 0 Å². The Balaban J connectivity index is 0.00000264. The van der Waals surface area contributed by atoms with Gasteiger partial charge in [-0.2, -0.15) is 0 Å². The summed E-state index contributed by atoms with van der Waals surface area (Å²) in [6.07, 6.45) is 8.49. The third-order valence-corrected chi connectivity index (χ3v) is 3.93. The molecule has 0 atom stereocenters. The highest BCUT2D eigenvalue weighted by molar-refractivity contribution is 14.0. The van der Waals surface area contributed by atoms with Crippen molar-refractivity contribution < 1.29 is 0 Å². The largest absolute Gasteiger partial charge is 0.357 e. The molecule has 0 amide bonds. The van der Waals surface area contributed by atoms with Gasteiger partial charge < -0.3 is 15.5 Å². The Morgan fingerprint density at radius 3 is 2.48 bits per heavy atom. The molecule has 5 nitrogen and oxygen atoms in total. The van der Waals surface area contributed by atoms with E-state index in [9.17, 15) is 0 Å². The summed E-state index contributed by atoms with van der Waals surface area (Å²) in [7, 11) is 1.80. The van der Waals surface area contributed by atoms with Crippen molar-refractivity contribution in [1.82, 2.24) is 15.6 Å². The molecule has 0 bridgehead atoms. The van der Waals surface area contributed by atoms with Crippen LogP contribution in [0.15, 0.2) is 35.5 Å². The molecule has 0 saturated heterocycles. The molecule has 0 fully saturated rings. The summed E-state index contributed by atoms with van der Waals surface area (Å²) in [6.45, 7) is 6.98. The van der Waals surface area contributed by atoms with E-state index in [0.29, 0.717) is 6.04 Å². The normalized spacial score (nSPS) is 14.5. The zero-order chi connectivity index (χ0) is 15.8. The molecule has 0 radical (unpaired) electrons. The molecule has 1 aliphatic rings. The Morgan fingerprint density at radius 2 is 1.96 bits per heavy atom. The highest BCUT2D eigenvalue weighted by Gasteiger charge is 2.11. The van der Waals surface area contributed by atoms with E-state index in [1.165, 1.54) is 0 Å². The fourth-order valence-corrected chi connectivity index (χ4v) is 2.56. The van der Waals surface area contributed by atoms with E-state index < -0.39 is 0 Å². The first-order valence-electron chi connectivity index (χ1n) is 8.08. The minimum Gasteiger partial charge on any atom is -0.357 e. The van der Waals surface area contributed by atoms with Gasteiger partial charge in [-0.05, 0) is 38.3 Å². The van der Waals surface area contributed by atoms with Crippen LogP contribution in [-0.2, 0) is 6.54 Å². The molecule has 0 aromatic carbocycles. The lowest BCUT2D eigenvalue weighted by molar-refractivity contribution is 0.633. The molecular formula is C17H28IN5. The predicted molar refractivity (Wildman–Crippen MR) is 109 cm³/mol. The van der Waals surface area contributed by atoms with E-state index in [4.69, 9.17) is 0 Å². The van der Waals surface area contributed by atoms with Crippen LogP contribution >= 0.6 is 24.0 Å². The van der Waals surface area contributed by atoms with Gasteiger partial charge in [-0.15, -0.1) is 24.0 Å². The molecule has 23 heavy (non-hydrogen) atoms. The van der Waals surface area contributed by atoms with Crippen molar-refractivity contribution >= 4 is 35.8 Å². The van der Waals surface area contributed by atoms with Crippen molar-refractivity contribution in [3.8, 4) is 0 Å². The standard InChI is InChI=1S/C17H27N5.HI/c1-4-22(5-2)16-11-10-14(12-19-16)13-20-17(18-3)21-15-8-6-7-9-15;/h6-7,10-12,15H,4-5,8-9,13H2,1-3H3,(H2,18,20,21);1H. The van der Waals surface area contributed by atoms with Gasteiger partial charge in [0.05, 0.1) is 0 Å². The summed E-state index contributed by atoms with van der Waals surface area (Å²) in [5, 5.41) is 6.78. The van der Waals surface area contributed by atoms with Gasteiger partial charge in [-0.1, -0.05) is 18.2 Å². The van der Waals surface area contributed by atoms with Crippen molar-refractivity contribution in [2.75, 3.05) is 25.0 Å². The quantitative estimate of drug-likeness (QED) is 0.316. The molecule has 6 heteroatoms. The summed E-state index contributed by atoms with van der Waals surface area (Å²) >= 11 is 0. The van der Waals surface area contributed by atoms with E-state index in [0.717, 1.165) is 49.8 Å². The summed E-state index contributed by atoms with van der Waals surface area (Å²) in [5.41, 5.74) is 1.16. The van der Waals surface area contributed by atoms with Crippen molar-refractivity contribution in [1.29, 1.82) is 0 Å². The van der Waals surface area contributed by atoms with Crippen LogP contribution < -0.4 is 15.5 Å². The highest BCUT2D eigenvalue weighted by Crippen LogP contribution is 2.11. The Kier molecular flexibility index (Phi) is 8.98. The molecule has 2 rings (SSSR count). The van der Waals surface area contributed by atoms with Gasteiger partial charge in [0.2, 0.25) is 0 Å². The first-order valence-corrected chi connectivity index (χ1v) is 8.08. The molecule has 0 unspecified atom stereocenters. The predicted octanol–water partition coefficient (Wildman–Crippen LogP) is 2.93. The molecule has 1 heterocycles. The Bertz CT molecular complexity index is 500. The van der Waals surface area contributed by atoms with E-state index in [2.05, 4.69) is 63.6 Å². The number of nitrogens with zero attached hydrogens (tertiary/aromatic N) is 3. The van der Waals surface area contributed by atoms with E-state index in [1.54, 1.807) is 7.05 Å². The van der Waals surface area contributed by atoms with Gasteiger partial charge in [-0.3, -0.25) is 4.99 Å². The number of hydrogen-bond donors (Lipinski definition) is 2. The third-order valence-electron chi connectivity index (χ3n) is 3.93. The fraction of sp³-hybridized carbons (Fsp3) is 0.529. The van der Waals surface area contributed by atoms with Gasteiger partial charge in [0, 0.05) is 38.9 Å². The molecule has 1 aliphatic carbocycles. The van der Waals surface area contributed by atoms with Crippen molar-refractivity contribution in [3.63, 3.8) is 0 Å². The highest BCUT2D eigenvalue weighted by atomic mass is 127. The van der Waals surface area contributed by atoms with Crippen molar-refractivity contribution in [2.24, 2.45) is 4.99 Å². The maximum absolute atomic E-state index is 4.54. The van der Waals surface area contributed by atoms with Crippen molar-refractivity contribution in [3.05, 3.63) is 36.0 Å². The smallest absolute Gasteiger partial charge is 0.191 e. The number of pyridine rings is 1. The minimum atomic E-state index is 0. The number of rotatable bonds is 6. The zero-order valence-corrected chi connectivity index (χ0v) is 16.6. The monoisotopic (exact) mass is 429 g/mol. The lowest BCUT2D eigenvalue weighted by Crippen LogP contribution is -2.42. The number of aliphatic imine (C=N–C) groups is 1. The van der Waals surface area contributed by atoms with Crippen LogP contribution in [0.2, 0.25) is 0 Å². The van der Waals surface area contributed by atoms with Crippen LogP contribution in [0.4, 0.5) is 5.82 Å². The number of nitrogens with one attached hydrogen (secondary N) is 2. The van der Waals surface area contributed by atoms with Gasteiger partial charge in [0.1, 0.15) is 5.82 Å². The van der Waals surface area contributed by atoms with Gasteiger partial charge >= 0.3 is 0 Å². The molecule has 1 aromatic heterocycles. The second-order valence-electron chi connectivity index (χ2n) is 5.41. The average Bonchev–Trinajstić information content (AvgIpc) is 3.07. The topological polar surface area (TPSA) is 52.5 Å². The fourth-order valence-electron chi connectivity index (χ4n) is 2.56. The summed E-state index contributed by atoms with van der Waals surface area (Å²) in [6, 6.07) is 4.67. The van der Waals surface area contributed by atoms with E-state index in [-0.39, 0.29) is 24.0 Å². The average molecular weight is 429 g/mol. The lowest BCUT2D eigenvalue weighted by atomic mass is 10.2. The maximum Gasteiger partial charge on any atom is 0.191 e. The van der Waals surface area contributed by atoms with Crippen LogP contribution in [0.25, 0.3) is 0 Å². The zero-order valence-electron chi connectivity index (χ0n) is 14.2. The Morgan fingerprint density at radius 1 is 1.26 bits per heavy atom. The molecule has 0 spiro atoms. The van der Waals surface area contributed by atoms with E-state index in [1.807, 2.05) is 6.20 Å². The molecule has 0 aliphatic heterocycles. The second kappa shape index (κ2) is 10.5. The SMILES string of the molecule is CCN(CC)c1ccc(CNC(=NC)NC2CC=CC2)cn1.I. The molecule has 128 valence electrons. The first kappa shape index (κ1) is 19.7. The van der Waals surface area contributed by atoms with Gasteiger partial charge in [0.15, 0.2) is 5.96 Å². The summed E-state index contributed by atoms with van der Waals surface area (Å²) in [5.74, 6) is 1.88. The second-order valence-corrected chi connectivity index (χ2v) is 5.41. The maximum atomic E-state index is 4.54. The summed E-state index contributed by atoms with van der Waals surface area (Å²) < 4.78 is 0. The number of aromatic nitrogens is 1. The molecular weight excluding hydrogens is 401 g/mol. The van der Waals surface area contributed by atoms with E-state index >= 15 is 0 Å². The molecule has 2 N–H and O–H groups in total. The van der Waals surface area contributed by atoms with Crippen molar-refractivity contribution in [2.45, 2.75) is 39.3 Å². The van der Waals surface area contributed by atoms with Gasteiger partial charge in [-0.25, -0.2) is 4.98 Å². The Labute approximate surface area is 156 Å². The first-order chi connectivity index (χ1) is 10.8. The molecule has 0 saturated carbocycles. The number of anilines is 1. The number of guanidine groups is 1. The Hall–Kier alpha value is -1.31. The number of halogens is 1. The van der Waals surface area contributed by atoms with Crippen LogP contribution in [0.5, 0.6) is 0 Å². The van der Waals surface area contributed by atoms with Crippen LogP contribution in [0.1, 0.15) is 32.3 Å². The third kappa shape index (κ3) is 6.01. The number of hydrogen-bond acceptors (Lipinski definition) is 3.